The summed E-state index contributed by atoms with van der Waals surface area (Å²) in [6.07, 6.45) is 4.46. The lowest BCUT2D eigenvalue weighted by molar-refractivity contribution is 0.215. The molecular formula is C9H18N2. The Labute approximate surface area is 69.0 Å². The van der Waals surface area contributed by atoms with E-state index in [0.29, 0.717) is 0 Å². The summed E-state index contributed by atoms with van der Waals surface area (Å²) < 4.78 is 0. The van der Waals surface area contributed by atoms with Crippen LogP contribution in [0.4, 0.5) is 0 Å². The van der Waals surface area contributed by atoms with Crippen molar-refractivity contribution in [2.75, 3.05) is 26.7 Å². The maximum atomic E-state index is 3.21. The van der Waals surface area contributed by atoms with Gasteiger partial charge in [0.15, 0.2) is 0 Å². The quantitative estimate of drug-likeness (QED) is 0.643. The van der Waals surface area contributed by atoms with Crippen LogP contribution in [0.15, 0.2) is 0 Å². The first-order valence-corrected chi connectivity index (χ1v) is 4.79. The monoisotopic (exact) mass is 154 g/mol. The normalized spacial score (nSPS) is 36.8. The smallest absolute Gasteiger partial charge is 0.0110 e. The van der Waals surface area contributed by atoms with Crippen molar-refractivity contribution in [3.8, 4) is 0 Å². The molecule has 2 atom stereocenters. The van der Waals surface area contributed by atoms with Gasteiger partial charge in [0.1, 0.15) is 0 Å². The topological polar surface area (TPSA) is 15.3 Å². The van der Waals surface area contributed by atoms with E-state index in [1.807, 2.05) is 7.05 Å². The first-order valence-electron chi connectivity index (χ1n) is 4.79. The SMILES string of the molecule is CNCCN1CC2CCC1C2. The van der Waals surface area contributed by atoms with Gasteiger partial charge in [0.25, 0.3) is 0 Å². The first kappa shape index (κ1) is 7.56. The Morgan fingerprint density at radius 2 is 2.36 bits per heavy atom. The van der Waals surface area contributed by atoms with Crippen LogP contribution in [-0.4, -0.2) is 37.6 Å². The standard InChI is InChI=1S/C9H18N2/c1-10-4-5-11-7-8-2-3-9(11)6-8/h8-10H,2-7H2,1H3. The van der Waals surface area contributed by atoms with E-state index in [9.17, 15) is 0 Å². The third kappa shape index (κ3) is 1.42. The van der Waals surface area contributed by atoms with Gasteiger partial charge in [-0.1, -0.05) is 0 Å². The number of hydrogen-bond acceptors (Lipinski definition) is 2. The van der Waals surface area contributed by atoms with Crippen molar-refractivity contribution in [1.29, 1.82) is 0 Å². The van der Waals surface area contributed by atoms with Crippen molar-refractivity contribution in [3.63, 3.8) is 0 Å². The molecule has 2 aliphatic rings. The van der Waals surface area contributed by atoms with E-state index in [1.165, 1.54) is 32.4 Å². The third-order valence-electron chi connectivity index (χ3n) is 3.17. The predicted octanol–water partition coefficient (Wildman–Crippen LogP) is 0.690. The van der Waals surface area contributed by atoms with Crippen molar-refractivity contribution in [3.05, 3.63) is 0 Å². The largest absolute Gasteiger partial charge is 0.318 e. The van der Waals surface area contributed by atoms with Gasteiger partial charge in [0.05, 0.1) is 0 Å². The maximum Gasteiger partial charge on any atom is 0.0110 e. The molecule has 2 nitrogen and oxygen atoms in total. The van der Waals surface area contributed by atoms with Gasteiger partial charge in [-0.15, -0.1) is 0 Å². The minimum absolute atomic E-state index is 0.952. The molecule has 2 heteroatoms. The van der Waals surface area contributed by atoms with Gasteiger partial charge in [0, 0.05) is 25.7 Å². The lowest BCUT2D eigenvalue weighted by atomic mass is 10.1. The molecule has 0 amide bonds. The Morgan fingerprint density at radius 1 is 1.45 bits per heavy atom. The van der Waals surface area contributed by atoms with Crippen molar-refractivity contribution in [1.82, 2.24) is 10.2 Å². The second-order valence-corrected chi connectivity index (χ2v) is 3.93. The zero-order valence-electron chi connectivity index (χ0n) is 7.34. The van der Waals surface area contributed by atoms with Gasteiger partial charge >= 0.3 is 0 Å². The van der Waals surface area contributed by atoms with E-state index >= 15 is 0 Å². The number of likely N-dealkylation sites (N-methyl/N-ethyl adjacent to an activating group) is 1. The number of nitrogens with one attached hydrogen (secondary N) is 1. The Morgan fingerprint density at radius 3 is 2.91 bits per heavy atom. The van der Waals surface area contributed by atoms with Crippen LogP contribution in [0.3, 0.4) is 0 Å². The Hall–Kier alpha value is -0.0800. The summed E-state index contributed by atoms with van der Waals surface area (Å²) in [7, 11) is 2.04. The molecule has 2 unspecified atom stereocenters. The molecule has 1 N–H and O–H groups in total. The van der Waals surface area contributed by atoms with Crippen LogP contribution in [-0.2, 0) is 0 Å². The molecule has 2 bridgehead atoms. The van der Waals surface area contributed by atoms with E-state index in [0.717, 1.165) is 18.5 Å². The summed E-state index contributed by atoms with van der Waals surface area (Å²) >= 11 is 0. The van der Waals surface area contributed by atoms with Crippen molar-refractivity contribution in [2.45, 2.75) is 25.3 Å². The molecule has 1 aliphatic heterocycles. The van der Waals surface area contributed by atoms with Gasteiger partial charge in [-0.2, -0.15) is 0 Å². The summed E-state index contributed by atoms with van der Waals surface area (Å²) in [6.45, 7) is 3.80. The van der Waals surface area contributed by atoms with E-state index in [2.05, 4.69) is 10.2 Å². The number of rotatable bonds is 3. The van der Waals surface area contributed by atoms with Gasteiger partial charge in [-0.05, 0) is 32.2 Å². The highest BCUT2D eigenvalue weighted by Crippen LogP contribution is 2.36. The van der Waals surface area contributed by atoms with Crippen molar-refractivity contribution >= 4 is 0 Å². The Bertz CT molecular complexity index is 136. The second kappa shape index (κ2) is 3.11. The molecule has 2 fully saturated rings. The molecule has 0 radical (unpaired) electrons. The predicted molar refractivity (Wildman–Crippen MR) is 46.6 cm³/mol. The van der Waals surface area contributed by atoms with Gasteiger partial charge in [0.2, 0.25) is 0 Å². The number of hydrogen-bond donors (Lipinski definition) is 1. The van der Waals surface area contributed by atoms with Crippen LogP contribution < -0.4 is 5.32 Å². The van der Waals surface area contributed by atoms with Crippen LogP contribution in [0, 0.1) is 5.92 Å². The second-order valence-electron chi connectivity index (χ2n) is 3.93. The zero-order valence-corrected chi connectivity index (χ0v) is 7.34. The molecule has 0 spiro atoms. The van der Waals surface area contributed by atoms with Crippen molar-refractivity contribution < 1.29 is 0 Å². The van der Waals surface area contributed by atoms with E-state index in [1.54, 1.807) is 0 Å². The minimum atomic E-state index is 0.952. The van der Waals surface area contributed by atoms with Gasteiger partial charge in [-0.3, -0.25) is 4.90 Å². The molecule has 2 rings (SSSR count). The number of likely N-dealkylation sites (tertiary alicyclic amines) is 1. The van der Waals surface area contributed by atoms with Crippen LogP contribution in [0.25, 0.3) is 0 Å². The first-order chi connectivity index (χ1) is 5.40. The lowest BCUT2D eigenvalue weighted by Gasteiger charge is -2.26. The molecule has 0 aromatic heterocycles. The van der Waals surface area contributed by atoms with Gasteiger partial charge < -0.3 is 5.32 Å². The molecule has 11 heavy (non-hydrogen) atoms. The summed E-state index contributed by atoms with van der Waals surface area (Å²) in [6, 6.07) is 0.952. The highest BCUT2D eigenvalue weighted by molar-refractivity contribution is 4.91. The molecule has 1 heterocycles. The average molecular weight is 154 g/mol. The van der Waals surface area contributed by atoms with E-state index in [-0.39, 0.29) is 0 Å². The van der Waals surface area contributed by atoms with Crippen LogP contribution in [0.2, 0.25) is 0 Å². The molecule has 0 aromatic rings. The fraction of sp³-hybridized carbons (Fsp3) is 1.00. The molecular weight excluding hydrogens is 136 g/mol. The summed E-state index contributed by atoms with van der Waals surface area (Å²) in [5, 5.41) is 3.21. The van der Waals surface area contributed by atoms with E-state index < -0.39 is 0 Å². The minimum Gasteiger partial charge on any atom is -0.318 e. The third-order valence-corrected chi connectivity index (χ3v) is 3.17. The molecule has 0 aromatic carbocycles. The van der Waals surface area contributed by atoms with Crippen LogP contribution in [0.5, 0.6) is 0 Å². The highest BCUT2D eigenvalue weighted by atomic mass is 15.2. The lowest BCUT2D eigenvalue weighted by Crippen LogP contribution is -2.36. The Kier molecular flexibility index (Phi) is 2.14. The molecule has 1 saturated carbocycles. The Balaban J connectivity index is 1.78. The maximum absolute atomic E-state index is 3.21. The van der Waals surface area contributed by atoms with Gasteiger partial charge in [-0.25, -0.2) is 0 Å². The molecule has 1 saturated heterocycles. The fourth-order valence-corrected chi connectivity index (χ4v) is 2.56. The average Bonchev–Trinajstić information content (AvgIpc) is 2.60. The zero-order chi connectivity index (χ0) is 7.68. The van der Waals surface area contributed by atoms with Crippen LogP contribution in [0.1, 0.15) is 19.3 Å². The highest BCUT2D eigenvalue weighted by Gasteiger charge is 2.36. The number of fused-ring (bicyclic) bond motifs is 2. The van der Waals surface area contributed by atoms with E-state index in [4.69, 9.17) is 0 Å². The number of piperidine rings is 1. The molecule has 64 valence electrons. The fourth-order valence-electron chi connectivity index (χ4n) is 2.56. The summed E-state index contributed by atoms with van der Waals surface area (Å²) in [5.74, 6) is 1.05. The number of nitrogens with zero attached hydrogens (tertiary/aromatic N) is 1. The van der Waals surface area contributed by atoms with Crippen LogP contribution >= 0.6 is 0 Å². The summed E-state index contributed by atoms with van der Waals surface area (Å²) in [5.41, 5.74) is 0. The summed E-state index contributed by atoms with van der Waals surface area (Å²) in [4.78, 5) is 2.66. The molecule has 1 aliphatic carbocycles. The van der Waals surface area contributed by atoms with Crippen molar-refractivity contribution in [2.24, 2.45) is 5.92 Å².